The van der Waals surface area contributed by atoms with Crippen molar-refractivity contribution < 1.29 is 9.31 Å². The van der Waals surface area contributed by atoms with Crippen LogP contribution < -0.4 is 10.8 Å². The first kappa shape index (κ1) is 13.0. The van der Waals surface area contributed by atoms with E-state index in [0.717, 1.165) is 11.9 Å². The summed E-state index contributed by atoms with van der Waals surface area (Å²) in [4.78, 5) is 0. The molecule has 3 nitrogen and oxygen atoms in total. The quantitative estimate of drug-likeness (QED) is 0.785. The third-order valence-electron chi connectivity index (χ3n) is 4.59. The molecule has 3 rings (SSSR count). The number of benzene rings is 1. The topological polar surface area (TPSA) is 30.5 Å². The Bertz CT molecular complexity index is 497. The molecule has 19 heavy (non-hydrogen) atoms. The van der Waals surface area contributed by atoms with E-state index < -0.39 is 0 Å². The van der Waals surface area contributed by atoms with Gasteiger partial charge in [-0.15, -0.1) is 0 Å². The highest BCUT2D eigenvalue weighted by Gasteiger charge is 2.51. The van der Waals surface area contributed by atoms with Crippen molar-refractivity contribution in [3.63, 3.8) is 0 Å². The van der Waals surface area contributed by atoms with Crippen molar-refractivity contribution in [2.24, 2.45) is 0 Å². The van der Waals surface area contributed by atoms with E-state index in [-0.39, 0.29) is 18.3 Å². The molecule has 2 aliphatic heterocycles. The highest BCUT2D eigenvalue weighted by Crippen LogP contribution is 2.37. The molecule has 102 valence electrons. The summed E-state index contributed by atoms with van der Waals surface area (Å²) in [6.07, 6.45) is 1.10. The minimum atomic E-state index is -0.280. The van der Waals surface area contributed by atoms with Gasteiger partial charge < -0.3 is 14.6 Å². The van der Waals surface area contributed by atoms with Crippen LogP contribution in [-0.4, -0.2) is 24.4 Å². The summed E-state index contributed by atoms with van der Waals surface area (Å²) in [5.41, 5.74) is 3.14. The standard InChI is InChI=1S/C15H22BNO2/c1-10-8-11-6-7-12(9-13(11)17-10)16-18-14(2,3)15(4,5)19-16/h6-7,9-10,17H,8H2,1-5H3. The molecule has 1 aromatic rings. The summed E-state index contributed by atoms with van der Waals surface area (Å²) in [6, 6.07) is 7.00. The van der Waals surface area contributed by atoms with E-state index >= 15 is 0 Å². The second-order valence-electron chi connectivity index (χ2n) is 6.75. The third kappa shape index (κ3) is 2.07. The predicted octanol–water partition coefficient (Wildman–Crippen LogP) is 2.34. The molecule has 1 N–H and O–H groups in total. The number of fused-ring (bicyclic) bond motifs is 1. The molecule has 1 aromatic carbocycles. The summed E-state index contributed by atoms with van der Waals surface area (Å²) >= 11 is 0. The van der Waals surface area contributed by atoms with Gasteiger partial charge in [0.15, 0.2) is 0 Å². The van der Waals surface area contributed by atoms with Gasteiger partial charge in [0.25, 0.3) is 0 Å². The molecule has 1 unspecified atom stereocenters. The molecular formula is C15H22BNO2. The highest BCUT2D eigenvalue weighted by atomic mass is 16.7. The molecule has 2 aliphatic rings. The Labute approximate surface area is 115 Å². The lowest BCUT2D eigenvalue weighted by atomic mass is 9.78. The van der Waals surface area contributed by atoms with E-state index in [9.17, 15) is 0 Å². The summed E-state index contributed by atoms with van der Waals surface area (Å²) in [5, 5.41) is 3.49. The van der Waals surface area contributed by atoms with Crippen LogP contribution in [0.4, 0.5) is 5.69 Å². The Hall–Kier alpha value is -0.995. The lowest BCUT2D eigenvalue weighted by Gasteiger charge is -2.32. The maximum absolute atomic E-state index is 6.09. The molecule has 2 heterocycles. The van der Waals surface area contributed by atoms with Crippen LogP contribution in [0.1, 0.15) is 40.2 Å². The lowest BCUT2D eigenvalue weighted by Crippen LogP contribution is -2.41. The smallest absolute Gasteiger partial charge is 0.399 e. The maximum Gasteiger partial charge on any atom is 0.494 e. The van der Waals surface area contributed by atoms with Crippen molar-refractivity contribution in [3.8, 4) is 0 Å². The van der Waals surface area contributed by atoms with Gasteiger partial charge in [0.1, 0.15) is 0 Å². The molecular weight excluding hydrogens is 237 g/mol. The van der Waals surface area contributed by atoms with Crippen LogP contribution in [0, 0.1) is 0 Å². The van der Waals surface area contributed by atoms with Crippen molar-refractivity contribution in [2.45, 2.75) is 58.3 Å². The first-order valence-corrected chi connectivity index (χ1v) is 7.03. The SMILES string of the molecule is CC1Cc2ccc(B3OC(C)(C)C(C)(C)O3)cc2N1. The fraction of sp³-hybridized carbons (Fsp3) is 0.600. The zero-order valence-electron chi connectivity index (χ0n) is 12.4. The number of hydrogen-bond donors (Lipinski definition) is 1. The van der Waals surface area contributed by atoms with E-state index in [4.69, 9.17) is 9.31 Å². The van der Waals surface area contributed by atoms with E-state index in [1.54, 1.807) is 0 Å². The number of hydrogen-bond acceptors (Lipinski definition) is 3. The van der Waals surface area contributed by atoms with E-state index in [1.165, 1.54) is 11.3 Å². The molecule has 0 radical (unpaired) electrons. The van der Waals surface area contributed by atoms with Crippen LogP contribution in [0.3, 0.4) is 0 Å². The van der Waals surface area contributed by atoms with Crippen LogP contribution in [-0.2, 0) is 15.7 Å². The zero-order chi connectivity index (χ0) is 13.8. The number of rotatable bonds is 1. The Morgan fingerprint density at radius 3 is 2.42 bits per heavy atom. The van der Waals surface area contributed by atoms with Crippen LogP contribution in [0.5, 0.6) is 0 Å². The van der Waals surface area contributed by atoms with Gasteiger partial charge in [-0.05, 0) is 58.1 Å². The molecule has 4 heteroatoms. The van der Waals surface area contributed by atoms with Gasteiger partial charge in [0.2, 0.25) is 0 Å². The largest absolute Gasteiger partial charge is 0.494 e. The van der Waals surface area contributed by atoms with E-state index in [1.807, 2.05) is 0 Å². The second kappa shape index (κ2) is 4.00. The molecule has 0 bridgehead atoms. The van der Waals surface area contributed by atoms with Crippen LogP contribution in [0.2, 0.25) is 0 Å². The molecule has 1 atom stereocenters. The Morgan fingerprint density at radius 2 is 1.79 bits per heavy atom. The monoisotopic (exact) mass is 259 g/mol. The number of anilines is 1. The van der Waals surface area contributed by atoms with Gasteiger partial charge in [0.05, 0.1) is 11.2 Å². The third-order valence-corrected chi connectivity index (χ3v) is 4.59. The highest BCUT2D eigenvalue weighted by molar-refractivity contribution is 6.62. The average Bonchev–Trinajstić information content (AvgIpc) is 2.74. The fourth-order valence-corrected chi connectivity index (χ4v) is 2.68. The Balaban J connectivity index is 1.88. The van der Waals surface area contributed by atoms with Gasteiger partial charge in [-0.25, -0.2) is 0 Å². The van der Waals surface area contributed by atoms with E-state index in [2.05, 4.69) is 58.1 Å². The van der Waals surface area contributed by atoms with Gasteiger partial charge in [-0.2, -0.15) is 0 Å². The predicted molar refractivity (Wildman–Crippen MR) is 78.9 cm³/mol. The molecule has 0 spiro atoms. The molecule has 0 aromatic heterocycles. The first-order chi connectivity index (χ1) is 8.78. The molecule has 0 aliphatic carbocycles. The molecule has 1 saturated heterocycles. The fourth-order valence-electron chi connectivity index (χ4n) is 2.68. The average molecular weight is 259 g/mol. The maximum atomic E-state index is 6.09. The van der Waals surface area contributed by atoms with Crippen molar-refractivity contribution in [1.82, 2.24) is 0 Å². The lowest BCUT2D eigenvalue weighted by molar-refractivity contribution is 0.00578. The summed E-state index contributed by atoms with van der Waals surface area (Å²) in [5.74, 6) is 0. The zero-order valence-corrected chi connectivity index (χ0v) is 12.4. The molecule has 0 amide bonds. The Morgan fingerprint density at radius 1 is 1.16 bits per heavy atom. The van der Waals surface area contributed by atoms with Gasteiger partial charge in [-0.1, -0.05) is 12.1 Å². The van der Waals surface area contributed by atoms with Crippen molar-refractivity contribution >= 4 is 18.3 Å². The van der Waals surface area contributed by atoms with Crippen LogP contribution in [0.15, 0.2) is 18.2 Å². The molecule has 0 saturated carbocycles. The summed E-state index contributed by atoms with van der Waals surface area (Å²) in [6.45, 7) is 10.5. The van der Waals surface area contributed by atoms with Crippen LogP contribution in [0.25, 0.3) is 0 Å². The number of nitrogens with one attached hydrogen (secondary N) is 1. The van der Waals surface area contributed by atoms with Crippen LogP contribution >= 0.6 is 0 Å². The first-order valence-electron chi connectivity index (χ1n) is 7.03. The Kier molecular flexibility index (Phi) is 2.74. The minimum absolute atomic E-state index is 0.270. The van der Waals surface area contributed by atoms with Crippen molar-refractivity contribution in [2.75, 3.05) is 5.32 Å². The molecule has 1 fully saturated rings. The van der Waals surface area contributed by atoms with Gasteiger partial charge in [0, 0.05) is 11.7 Å². The van der Waals surface area contributed by atoms with Gasteiger partial charge in [-0.3, -0.25) is 0 Å². The van der Waals surface area contributed by atoms with E-state index in [0.29, 0.717) is 6.04 Å². The van der Waals surface area contributed by atoms with Crippen molar-refractivity contribution in [3.05, 3.63) is 23.8 Å². The summed E-state index contributed by atoms with van der Waals surface area (Å²) in [7, 11) is -0.270. The second-order valence-corrected chi connectivity index (χ2v) is 6.75. The normalized spacial score (nSPS) is 27.2. The van der Waals surface area contributed by atoms with Gasteiger partial charge >= 0.3 is 7.12 Å². The van der Waals surface area contributed by atoms with Crippen molar-refractivity contribution in [1.29, 1.82) is 0 Å². The minimum Gasteiger partial charge on any atom is -0.399 e. The summed E-state index contributed by atoms with van der Waals surface area (Å²) < 4.78 is 12.2.